The van der Waals surface area contributed by atoms with Crippen LogP contribution in [-0.2, 0) is 20.9 Å². The van der Waals surface area contributed by atoms with Crippen molar-refractivity contribution in [3.63, 3.8) is 0 Å². The molecule has 0 unspecified atom stereocenters. The summed E-state index contributed by atoms with van der Waals surface area (Å²) in [5, 5.41) is 7.00. The van der Waals surface area contributed by atoms with Crippen molar-refractivity contribution in [1.29, 1.82) is 0 Å². The number of nitrogens with zero attached hydrogens (tertiary/aromatic N) is 1. The van der Waals surface area contributed by atoms with Crippen LogP contribution in [0, 0.1) is 0 Å². The Kier molecular flexibility index (Phi) is 8.26. The summed E-state index contributed by atoms with van der Waals surface area (Å²) in [5.74, 6) is -0.702. The zero-order valence-electron chi connectivity index (χ0n) is 17.1. The number of halogens is 1. The van der Waals surface area contributed by atoms with Crippen molar-refractivity contribution in [2.75, 3.05) is 20.3 Å². The van der Waals surface area contributed by atoms with Gasteiger partial charge >= 0.3 is 11.8 Å². The van der Waals surface area contributed by atoms with Crippen LogP contribution in [0.15, 0.2) is 47.6 Å². The van der Waals surface area contributed by atoms with Gasteiger partial charge in [-0.15, -0.1) is 0 Å². The van der Waals surface area contributed by atoms with Gasteiger partial charge in [-0.1, -0.05) is 35.9 Å². The lowest BCUT2D eigenvalue weighted by molar-refractivity contribution is -0.139. The lowest BCUT2D eigenvalue weighted by Crippen LogP contribution is -2.41. The number of benzene rings is 2. The summed E-state index contributed by atoms with van der Waals surface area (Å²) in [5.41, 5.74) is 3.59. The molecular weight excluding hydrogens is 422 g/mol. The highest BCUT2D eigenvalue weighted by Crippen LogP contribution is 2.31. The molecule has 31 heavy (non-hydrogen) atoms. The maximum absolute atomic E-state index is 11.9. The number of ether oxygens (including phenoxy) is 3. The fraction of sp³-hybridized carbons (Fsp3) is 0.318. The number of methoxy groups -OCH3 is 1. The summed E-state index contributed by atoms with van der Waals surface area (Å²) in [6, 6.07) is 12.6. The molecule has 0 bridgehead atoms. The van der Waals surface area contributed by atoms with Crippen molar-refractivity contribution in [3.8, 4) is 11.5 Å². The van der Waals surface area contributed by atoms with Crippen molar-refractivity contribution in [3.05, 3.63) is 58.6 Å². The van der Waals surface area contributed by atoms with E-state index < -0.39 is 11.8 Å². The molecule has 1 aliphatic heterocycles. The molecule has 3 rings (SSSR count). The van der Waals surface area contributed by atoms with Gasteiger partial charge in [0.25, 0.3) is 0 Å². The van der Waals surface area contributed by atoms with Gasteiger partial charge in [-0.05, 0) is 31.0 Å². The average Bonchev–Trinajstić information content (AvgIpc) is 3.31. The molecule has 164 valence electrons. The van der Waals surface area contributed by atoms with Crippen LogP contribution < -0.4 is 20.2 Å². The van der Waals surface area contributed by atoms with Gasteiger partial charge in [-0.2, -0.15) is 5.10 Å². The zero-order valence-corrected chi connectivity index (χ0v) is 17.9. The van der Waals surface area contributed by atoms with Crippen molar-refractivity contribution >= 4 is 29.6 Å². The van der Waals surface area contributed by atoms with E-state index in [-0.39, 0.29) is 12.7 Å². The molecular formula is C22H24ClN3O5. The molecule has 1 saturated heterocycles. The van der Waals surface area contributed by atoms with E-state index in [9.17, 15) is 9.59 Å². The number of hydrogen-bond acceptors (Lipinski definition) is 6. The summed E-state index contributed by atoms with van der Waals surface area (Å²) in [6.07, 6.45) is 3.16. The molecule has 9 heteroatoms. The lowest BCUT2D eigenvalue weighted by Gasteiger charge is -2.14. The number of nitrogens with one attached hydrogen (secondary N) is 2. The van der Waals surface area contributed by atoms with Gasteiger partial charge in [0.1, 0.15) is 6.61 Å². The molecule has 2 amide bonds. The predicted octanol–water partition coefficient (Wildman–Crippen LogP) is 2.67. The minimum absolute atomic E-state index is 0.0464. The molecule has 0 radical (unpaired) electrons. The van der Waals surface area contributed by atoms with E-state index in [0.717, 1.165) is 18.4 Å². The van der Waals surface area contributed by atoms with Crippen molar-refractivity contribution in [2.45, 2.75) is 25.6 Å². The van der Waals surface area contributed by atoms with E-state index in [1.54, 1.807) is 24.3 Å². The second-order valence-corrected chi connectivity index (χ2v) is 7.21. The average molecular weight is 446 g/mol. The molecule has 8 nitrogen and oxygen atoms in total. The summed E-state index contributed by atoms with van der Waals surface area (Å²) >= 11 is 6.19. The quantitative estimate of drug-likeness (QED) is 0.370. The summed E-state index contributed by atoms with van der Waals surface area (Å²) < 4.78 is 16.7. The number of hydrogen-bond donors (Lipinski definition) is 2. The largest absolute Gasteiger partial charge is 0.493 e. The van der Waals surface area contributed by atoms with Crippen LogP contribution >= 0.6 is 11.6 Å². The molecule has 1 atom stereocenters. The fourth-order valence-electron chi connectivity index (χ4n) is 3.02. The summed E-state index contributed by atoms with van der Waals surface area (Å²) in [7, 11) is 1.53. The van der Waals surface area contributed by atoms with Gasteiger partial charge in [0.15, 0.2) is 11.5 Å². The predicted molar refractivity (Wildman–Crippen MR) is 116 cm³/mol. The Balaban J connectivity index is 1.60. The monoisotopic (exact) mass is 445 g/mol. The van der Waals surface area contributed by atoms with Crippen LogP contribution in [0.1, 0.15) is 24.0 Å². The van der Waals surface area contributed by atoms with E-state index in [4.69, 9.17) is 25.8 Å². The summed E-state index contributed by atoms with van der Waals surface area (Å²) in [4.78, 5) is 23.8. The molecule has 1 fully saturated rings. The zero-order chi connectivity index (χ0) is 22.1. The highest BCUT2D eigenvalue weighted by Gasteiger charge is 2.19. The van der Waals surface area contributed by atoms with Gasteiger partial charge in [-0.25, -0.2) is 5.43 Å². The number of para-hydroxylation sites is 1. The molecule has 2 N–H and O–H groups in total. The van der Waals surface area contributed by atoms with Crippen LogP contribution in [0.3, 0.4) is 0 Å². The number of amides is 2. The minimum atomic E-state index is -0.865. The van der Waals surface area contributed by atoms with Crippen LogP contribution in [0.2, 0.25) is 5.02 Å². The maximum atomic E-state index is 11.9. The van der Waals surface area contributed by atoms with E-state index in [1.165, 1.54) is 13.3 Å². The summed E-state index contributed by atoms with van der Waals surface area (Å²) in [6.45, 7) is 1.20. The lowest BCUT2D eigenvalue weighted by atomic mass is 10.2. The Morgan fingerprint density at radius 2 is 2.06 bits per heavy atom. The third kappa shape index (κ3) is 6.44. The third-order valence-electron chi connectivity index (χ3n) is 4.65. The van der Waals surface area contributed by atoms with Crippen LogP contribution in [0.4, 0.5) is 0 Å². The van der Waals surface area contributed by atoms with Crippen LogP contribution in [0.25, 0.3) is 0 Å². The van der Waals surface area contributed by atoms with E-state index in [0.29, 0.717) is 35.2 Å². The Bertz CT molecular complexity index is 944. The van der Waals surface area contributed by atoms with E-state index in [1.807, 2.05) is 18.2 Å². The van der Waals surface area contributed by atoms with Crippen molar-refractivity contribution < 1.29 is 23.8 Å². The molecule has 1 heterocycles. The topological polar surface area (TPSA) is 98.2 Å². The smallest absolute Gasteiger partial charge is 0.329 e. The van der Waals surface area contributed by atoms with Crippen LogP contribution in [-0.4, -0.2) is 44.4 Å². The molecule has 1 aliphatic rings. The number of carbonyl (C=O) groups is 2. The first-order chi connectivity index (χ1) is 15.1. The second kappa shape index (κ2) is 11.3. The van der Waals surface area contributed by atoms with Gasteiger partial charge in [0.2, 0.25) is 0 Å². The van der Waals surface area contributed by atoms with Crippen LogP contribution in [0.5, 0.6) is 11.5 Å². The number of carbonyl (C=O) groups excluding carboxylic acids is 2. The first-order valence-electron chi connectivity index (χ1n) is 9.84. The second-order valence-electron chi connectivity index (χ2n) is 6.80. The SMILES string of the molecule is COc1cccc(/C=N\NC(=O)C(=O)NC[C@@H]2CCCO2)c1OCc1ccccc1Cl. The highest BCUT2D eigenvalue weighted by molar-refractivity contribution is 6.35. The van der Waals surface area contributed by atoms with Gasteiger partial charge < -0.3 is 19.5 Å². The standard InChI is InChI=1S/C22H24ClN3O5/c1-29-19-10-4-7-15(20(19)31-14-16-6-2-3-9-18(16)23)12-25-26-22(28)21(27)24-13-17-8-5-11-30-17/h2-4,6-7,9-10,12,17H,5,8,11,13-14H2,1H3,(H,24,27)(H,26,28)/b25-12-/t17-/m0/s1. The Hall–Kier alpha value is -3.10. The molecule has 2 aromatic rings. The van der Waals surface area contributed by atoms with E-state index in [2.05, 4.69) is 15.8 Å². The normalized spacial score (nSPS) is 15.6. The fourth-order valence-corrected chi connectivity index (χ4v) is 3.21. The maximum Gasteiger partial charge on any atom is 0.329 e. The molecule has 0 aliphatic carbocycles. The molecule has 0 spiro atoms. The first kappa shape index (κ1) is 22.6. The van der Waals surface area contributed by atoms with Crippen molar-refractivity contribution in [1.82, 2.24) is 10.7 Å². The minimum Gasteiger partial charge on any atom is -0.493 e. The molecule has 0 saturated carbocycles. The number of hydrazone groups is 1. The van der Waals surface area contributed by atoms with Crippen molar-refractivity contribution in [2.24, 2.45) is 5.10 Å². The van der Waals surface area contributed by atoms with Gasteiger partial charge in [-0.3, -0.25) is 9.59 Å². The Labute approximate surface area is 185 Å². The Morgan fingerprint density at radius 1 is 1.23 bits per heavy atom. The first-order valence-corrected chi connectivity index (χ1v) is 10.2. The molecule has 2 aromatic carbocycles. The van der Waals surface area contributed by atoms with Gasteiger partial charge in [0.05, 0.1) is 19.4 Å². The highest BCUT2D eigenvalue weighted by atomic mass is 35.5. The van der Waals surface area contributed by atoms with Gasteiger partial charge in [0, 0.05) is 29.3 Å². The molecule has 0 aromatic heterocycles. The third-order valence-corrected chi connectivity index (χ3v) is 5.02. The van der Waals surface area contributed by atoms with E-state index >= 15 is 0 Å². The number of rotatable bonds is 8. The Morgan fingerprint density at radius 3 is 2.81 bits per heavy atom.